The summed E-state index contributed by atoms with van der Waals surface area (Å²) in [5.41, 5.74) is -2.61. The van der Waals surface area contributed by atoms with E-state index in [1.54, 1.807) is 5.32 Å². The average Bonchev–Trinajstić information content (AvgIpc) is 2.68. The fourth-order valence-electron chi connectivity index (χ4n) is 2.93. The first-order chi connectivity index (χ1) is 15.9. The molecule has 0 saturated carbocycles. The lowest BCUT2D eigenvalue weighted by atomic mass is 9.96. The molecule has 192 valence electrons. The zero-order valence-corrected chi connectivity index (χ0v) is 19.2. The number of halogens is 12. The summed E-state index contributed by atoms with van der Waals surface area (Å²) in [4.78, 5) is 11.3. The first kappa shape index (κ1) is 29.1. The first-order valence-corrected chi connectivity index (χ1v) is 10.4. The summed E-state index contributed by atoms with van der Waals surface area (Å²) in [5, 5.41) is 1.05. The average molecular weight is 573 g/mol. The van der Waals surface area contributed by atoms with Crippen LogP contribution in [0.2, 0.25) is 15.1 Å². The summed E-state index contributed by atoms with van der Waals surface area (Å²) >= 11 is 17.3. The summed E-state index contributed by atoms with van der Waals surface area (Å²) in [6, 6.07) is 4.22. The first-order valence-electron chi connectivity index (χ1n) is 9.31. The minimum Gasteiger partial charge on any atom is -0.352 e. The van der Waals surface area contributed by atoms with E-state index in [9.17, 15) is 44.3 Å². The third-order valence-electron chi connectivity index (χ3n) is 4.48. The molecule has 0 aromatic heterocycles. The molecule has 0 fully saturated rings. The van der Waals surface area contributed by atoms with Crippen LogP contribution in [-0.4, -0.2) is 18.3 Å². The number of rotatable bonds is 6. The maximum Gasteiger partial charge on any atom is 0.416 e. The molecular formula is C21H13Cl3F9NO. The van der Waals surface area contributed by atoms with Gasteiger partial charge in [0.15, 0.2) is 0 Å². The van der Waals surface area contributed by atoms with Gasteiger partial charge in [-0.05, 0) is 34.9 Å². The molecule has 0 saturated heterocycles. The van der Waals surface area contributed by atoms with Crippen LogP contribution in [0.1, 0.15) is 34.6 Å². The highest BCUT2D eigenvalue weighted by molar-refractivity contribution is 6.48. The van der Waals surface area contributed by atoms with Crippen LogP contribution >= 0.6 is 34.8 Å². The van der Waals surface area contributed by atoms with Crippen LogP contribution in [-0.2, 0) is 17.5 Å². The Morgan fingerprint density at radius 2 is 1.49 bits per heavy atom. The van der Waals surface area contributed by atoms with Crippen LogP contribution < -0.4 is 5.32 Å². The summed E-state index contributed by atoms with van der Waals surface area (Å²) in [6.07, 6.45) is -15.2. The smallest absolute Gasteiger partial charge is 0.352 e. The molecule has 35 heavy (non-hydrogen) atoms. The number of benzene rings is 2. The summed E-state index contributed by atoms with van der Waals surface area (Å²) in [7, 11) is 0. The van der Waals surface area contributed by atoms with Gasteiger partial charge in [-0.25, -0.2) is 0 Å². The van der Waals surface area contributed by atoms with E-state index < -0.39 is 60.0 Å². The van der Waals surface area contributed by atoms with Gasteiger partial charge in [0.2, 0.25) is 5.91 Å². The number of nitrogens with one attached hydrogen (secondary N) is 1. The quantitative estimate of drug-likeness (QED) is 0.273. The van der Waals surface area contributed by atoms with Crippen molar-refractivity contribution < 1.29 is 44.3 Å². The molecule has 2 aromatic rings. The second-order valence-corrected chi connectivity index (χ2v) is 8.35. The van der Waals surface area contributed by atoms with Crippen LogP contribution in [0.15, 0.2) is 36.4 Å². The summed E-state index contributed by atoms with van der Waals surface area (Å²) in [6.45, 7) is -0.874. The normalized spacial score (nSPS) is 13.8. The highest BCUT2D eigenvalue weighted by atomic mass is 35.5. The number of alkyl halides is 9. The molecule has 1 unspecified atom stereocenters. The molecule has 0 spiro atoms. The second kappa shape index (κ2) is 10.9. The predicted molar refractivity (Wildman–Crippen MR) is 113 cm³/mol. The monoisotopic (exact) mass is 571 g/mol. The van der Waals surface area contributed by atoms with Gasteiger partial charge in [-0.15, -0.1) is 0 Å². The highest BCUT2D eigenvalue weighted by Crippen LogP contribution is 2.41. The fourth-order valence-corrected chi connectivity index (χ4v) is 3.54. The predicted octanol–water partition coefficient (Wildman–Crippen LogP) is 8.59. The Morgan fingerprint density at radius 1 is 0.914 bits per heavy atom. The molecule has 0 aliphatic heterocycles. The Bertz CT molecular complexity index is 1090. The summed E-state index contributed by atoms with van der Waals surface area (Å²) in [5.74, 6) is -3.84. The number of carbonyl (C=O) groups excluding carboxylic acids is 1. The van der Waals surface area contributed by atoms with Gasteiger partial charge in [-0.2, -0.15) is 39.5 Å². The lowest BCUT2D eigenvalue weighted by Crippen LogP contribution is -2.29. The molecule has 2 nitrogen and oxygen atoms in total. The lowest BCUT2D eigenvalue weighted by molar-refractivity contribution is -0.154. The van der Waals surface area contributed by atoms with Gasteiger partial charge in [-0.1, -0.05) is 59.1 Å². The Hall–Kier alpha value is -2.11. The highest BCUT2D eigenvalue weighted by Gasteiger charge is 2.39. The molecule has 0 heterocycles. The molecular weight excluding hydrogens is 560 g/mol. The molecule has 1 N–H and O–H groups in total. The second-order valence-electron chi connectivity index (χ2n) is 7.16. The van der Waals surface area contributed by atoms with E-state index >= 15 is 0 Å². The molecule has 1 amide bonds. The van der Waals surface area contributed by atoms with E-state index in [-0.39, 0.29) is 20.6 Å². The van der Waals surface area contributed by atoms with Gasteiger partial charge in [0.1, 0.15) is 6.42 Å². The largest absolute Gasteiger partial charge is 0.416 e. The Kier molecular flexibility index (Phi) is 9.05. The Balaban J connectivity index is 2.37. The molecule has 0 radical (unpaired) electrons. The van der Waals surface area contributed by atoms with Crippen molar-refractivity contribution in [1.29, 1.82) is 0 Å². The van der Waals surface area contributed by atoms with Gasteiger partial charge in [-0.3, -0.25) is 4.79 Å². The van der Waals surface area contributed by atoms with Gasteiger partial charge in [0.05, 0.1) is 26.5 Å². The van der Waals surface area contributed by atoms with Gasteiger partial charge in [0, 0.05) is 6.54 Å². The van der Waals surface area contributed by atoms with Crippen LogP contribution in [0, 0.1) is 0 Å². The Labute approximate surface area is 207 Å². The molecule has 1 atom stereocenters. The van der Waals surface area contributed by atoms with E-state index in [1.165, 1.54) is 0 Å². The van der Waals surface area contributed by atoms with Crippen LogP contribution in [0.4, 0.5) is 39.5 Å². The third-order valence-corrected chi connectivity index (χ3v) is 5.67. The van der Waals surface area contributed by atoms with E-state index in [1.807, 2.05) is 0 Å². The number of hydrogen-bond acceptors (Lipinski definition) is 1. The van der Waals surface area contributed by atoms with E-state index in [0.717, 1.165) is 30.3 Å². The maximum absolute atomic E-state index is 13.6. The van der Waals surface area contributed by atoms with Crippen molar-refractivity contribution in [1.82, 2.24) is 5.32 Å². The van der Waals surface area contributed by atoms with Crippen molar-refractivity contribution in [2.24, 2.45) is 0 Å². The lowest BCUT2D eigenvalue weighted by Gasteiger charge is -2.19. The molecule has 14 heteroatoms. The molecule has 2 aromatic carbocycles. The van der Waals surface area contributed by atoms with Gasteiger partial charge >= 0.3 is 18.5 Å². The summed E-state index contributed by atoms with van der Waals surface area (Å²) < 4.78 is 118. The number of allylic oxidation sites excluding steroid dienone is 1. The van der Waals surface area contributed by atoms with Crippen molar-refractivity contribution in [3.63, 3.8) is 0 Å². The van der Waals surface area contributed by atoms with Crippen LogP contribution in [0.25, 0.3) is 6.08 Å². The zero-order chi connectivity index (χ0) is 26.8. The van der Waals surface area contributed by atoms with Crippen LogP contribution in [0.5, 0.6) is 0 Å². The molecule has 0 aliphatic rings. The van der Waals surface area contributed by atoms with Gasteiger partial charge < -0.3 is 5.32 Å². The third kappa shape index (κ3) is 8.50. The molecule has 2 rings (SSSR count). The van der Waals surface area contributed by atoms with Crippen molar-refractivity contribution in [3.05, 3.63) is 73.7 Å². The fraction of sp³-hybridized carbons (Fsp3) is 0.286. The number of amides is 1. The number of hydrogen-bond donors (Lipinski definition) is 1. The minimum absolute atomic E-state index is 0.172. The van der Waals surface area contributed by atoms with Crippen molar-refractivity contribution in [3.8, 4) is 0 Å². The van der Waals surface area contributed by atoms with Crippen LogP contribution in [0.3, 0.4) is 0 Å². The minimum atomic E-state index is -5.01. The van der Waals surface area contributed by atoms with Crippen molar-refractivity contribution >= 4 is 46.8 Å². The van der Waals surface area contributed by atoms with Crippen molar-refractivity contribution in [2.75, 3.05) is 0 Å². The SMILES string of the molecule is O=C(CC(F)(F)F)NCc1ccc(/C=C/C(c2cc(Cl)c(Cl)c(Cl)c2)C(F)(F)F)cc1C(F)(F)F. The topological polar surface area (TPSA) is 29.1 Å². The maximum atomic E-state index is 13.6. The standard InChI is InChI=1S/C21H13Cl3F9NO/c22-15-6-12(7-16(23)18(15)24)13(20(28,29)30)4-2-10-1-3-11(14(5-10)21(31,32)33)9-34-17(35)8-19(25,26)27/h1-7,13H,8-9H2,(H,34,35)/b4-2+. The Morgan fingerprint density at radius 3 is 1.97 bits per heavy atom. The zero-order valence-electron chi connectivity index (χ0n) is 17.0. The van der Waals surface area contributed by atoms with Crippen molar-refractivity contribution in [2.45, 2.75) is 37.4 Å². The molecule has 0 aliphatic carbocycles. The molecule has 0 bridgehead atoms. The van der Waals surface area contributed by atoms with E-state index in [0.29, 0.717) is 12.1 Å². The van der Waals surface area contributed by atoms with E-state index in [4.69, 9.17) is 34.8 Å². The van der Waals surface area contributed by atoms with Gasteiger partial charge in [0.25, 0.3) is 0 Å². The van der Waals surface area contributed by atoms with E-state index in [2.05, 4.69) is 0 Å². The number of carbonyl (C=O) groups is 1.